The molecule has 1 aromatic carbocycles. The number of amides is 1. The van der Waals surface area contributed by atoms with E-state index in [0.29, 0.717) is 12.2 Å². The maximum absolute atomic E-state index is 11.9. The van der Waals surface area contributed by atoms with E-state index in [2.05, 4.69) is 15.0 Å². The van der Waals surface area contributed by atoms with Crippen molar-refractivity contribution in [2.24, 2.45) is 0 Å². The molecule has 1 N–H and O–H groups in total. The highest BCUT2D eigenvalue weighted by molar-refractivity contribution is 5.88. The summed E-state index contributed by atoms with van der Waals surface area (Å²) in [5.41, 5.74) is 1.01. The first-order valence-corrected chi connectivity index (χ1v) is 7.60. The maximum atomic E-state index is 11.9. The van der Waals surface area contributed by atoms with Gasteiger partial charge in [0, 0.05) is 6.42 Å². The minimum Gasteiger partial charge on any atom is -0.464 e. The molecule has 128 valence electrons. The number of methoxy groups -OCH3 is 1. The van der Waals surface area contributed by atoms with Crippen LogP contribution >= 0.6 is 0 Å². The zero-order valence-corrected chi connectivity index (χ0v) is 13.9. The molecule has 0 aliphatic heterocycles. The van der Waals surface area contributed by atoms with E-state index >= 15 is 0 Å². The average Bonchev–Trinajstić information content (AvgIpc) is 3.04. The van der Waals surface area contributed by atoms with Gasteiger partial charge in [-0.15, -0.1) is 0 Å². The Bertz CT molecular complexity index is 696. The molecule has 24 heavy (non-hydrogen) atoms. The first-order valence-electron chi connectivity index (χ1n) is 7.60. The molecule has 0 saturated heterocycles. The number of alkyl carbamates (subject to hydrolysis) is 1. The second kappa shape index (κ2) is 8.14. The molecular weight excluding hydrogens is 312 g/mol. The Morgan fingerprint density at radius 3 is 2.62 bits per heavy atom. The number of aryl methyl sites for hydroxylation is 1. The molecule has 1 heterocycles. The smallest absolute Gasteiger partial charge is 0.408 e. The number of carbonyl (C=O) groups is 2. The third-order valence-corrected chi connectivity index (χ3v) is 3.33. The summed E-state index contributed by atoms with van der Waals surface area (Å²) >= 11 is 0. The van der Waals surface area contributed by atoms with Gasteiger partial charge in [-0.05, 0) is 12.5 Å². The molecule has 0 aliphatic rings. The van der Waals surface area contributed by atoms with Gasteiger partial charge in [-0.1, -0.05) is 37.3 Å². The lowest BCUT2D eigenvalue weighted by Crippen LogP contribution is -2.27. The van der Waals surface area contributed by atoms with E-state index in [1.54, 1.807) is 6.92 Å². The molecule has 1 amide bonds. The number of aromatic nitrogens is 1. The Hall–Kier alpha value is -2.83. The van der Waals surface area contributed by atoms with Crippen LogP contribution in [0.1, 0.15) is 47.6 Å². The summed E-state index contributed by atoms with van der Waals surface area (Å²) in [5.74, 6) is 0.0766. The van der Waals surface area contributed by atoms with Crippen LogP contribution in [-0.4, -0.2) is 24.2 Å². The number of rotatable bonds is 6. The maximum Gasteiger partial charge on any atom is 0.408 e. The third-order valence-electron chi connectivity index (χ3n) is 3.33. The fourth-order valence-corrected chi connectivity index (χ4v) is 2.05. The number of ether oxygens (including phenoxy) is 2. The Morgan fingerprint density at radius 2 is 2.00 bits per heavy atom. The van der Waals surface area contributed by atoms with Crippen LogP contribution < -0.4 is 5.32 Å². The van der Waals surface area contributed by atoms with E-state index in [9.17, 15) is 9.59 Å². The molecule has 0 aliphatic carbocycles. The lowest BCUT2D eigenvalue weighted by molar-refractivity contribution is 0.0592. The van der Waals surface area contributed by atoms with Crippen molar-refractivity contribution in [3.8, 4) is 0 Å². The van der Waals surface area contributed by atoms with Crippen LogP contribution in [0.4, 0.5) is 4.79 Å². The highest BCUT2D eigenvalue weighted by atomic mass is 16.5. The predicted octanol–water partition coefficient (Wildman–Crippen LogP) is 3.01. The Labute approximate surface area is 140 Å². The van der Waals surface area contributed by atoms with Gasteiger partial charge < -0.3 is 19.2 Å². The van der Waals surface area contributed by atoms with Crippen molar-refractivity contribution in [2.45, 2.75) is 32.9 Å². The summed E-state index contributed by atoms with van der Waals surface area (Å²) < 4.78 is 15.3. The molecule has 0 saturated carbocycles. The SMILES string of the molecule is CCc1oc([C@H](C)NC(=O)OCc2ccccc2)nc1C(=O)OC. The van der Waals surface area contributed by atoms with Gasteiger partial charge in [0.05, 0.1) is 7.11 Å². The van der Waals surface area contributed by atoms with Crippen LogP contribution in [-0.2, 0) is 22.5 Å². The van der Waals surface area contributed by atoms with Gasteiger partial charge in [-0.2, -0.15) is 0 Å². The number of esters is 1. The molecule has 0 spiro atoms. The number of hydrogen-bond acceptors (Lipinski definition) is 6. The van der Waals surface area contributed by atoms with Crippen molar-refractivity contribution in [1.29, 1.82) is 0 Å². The fourth-order valence-electron chi connectivity index (χ4n) is 2.05. The van der Waals surface area contributed by atoms with Gasteiger partial charge in [0.15, 0.2) is 5.69 Å². The molecule has 0 radical (unpaired) electrons. The number of carbonyl (C=O) groups excluding carboxylic acids is 2. The van der Waals surface area contributed by atoms with Crippen molar-refractivity contribution >= 4 is 12.1 Å². The number of oxazole rings is 1. The summed E-state index contributed by atoms with van der Waals surface area (Å²) in [6.07, 6.45) is -0.106. The van der Waals surface area contributed by atoms with Gasteiger partial charge in [0.1, 0.15) is 18.4 Å². The summed E-state index contributed by atoms with van der Waals surface area (Å²) in [6.45, 7) is 3.69. The minimum absolute atomic E-state index is 0.126. The first-order chi connectivity index (χ1) is 11.5. The molecule has 2 rings (SSSR count). The van der Waals surface area contributed by atoms with Crippen LogP contribution in [0, 0.1) is 0 Å². The first kappa shape index (κ1) is 17.5. The van der Waals surface area contributed by atoms with Crippen LogP contribution in [0.5, 0.6) is 0 Å². The Morgan fingerprint density at radius 1 is 1.29 bits per heavy atom. The highest BCUT2D eigenvalue weighted by Crippen LogP contribution is 2.18. The molecular formula is C17H20N2O5. The summed E-state index contributed by atoms with van der Waals surface area (Å²) in [4.78, 5) is 27.6. The van der Waals surface area contributed by atoms with E-state index < -0.39 is 18.1 Å². The zero-order valence-electron chi connectivity index (χ0n) is 13.9. The second-order valence-corrected chi connectivity index (χ2v) is 5.10. The van der Waals surface area contributed by atoms with Gasteiger partial charge in [-0.3, -0.25) is 0 Å². The fraction of sp³-hybridized carbons (Fsp3) is 0.353. The quantitative estimate of drug-likeness (QED) is 0.818. The summed E-state index contributed by atoms with van der Waals surface area (Å²) in [7, 11) is 1.28. The van der Waals surface area contributed by atoms with Crippen molar-refractivity contribution in [3.05, 3.63) is 53.2 Å². The van der Waals surface area contributed by atoms with Crippen LogP contribution in [0.25, 0.3) is 0 Å². The average molecular weight is 332 g/mol. The van der Waals surface area contributed by atoms with Gasteiger partial charge >= 0.3 is 12.1 Å². The summed E-state index contributed by atoms with van der Waals surface area (Å²) in [5, 5.41) is 2.62. The second-order valence-electron chi connectivity index (χ2n) is 5.10. The molecule has 7 heteroatoms. The van der Waals surface area contributed by atoms with Crippen LogP contribution in [0.3, 0.4) is 0 Å². The number of nitrogens with zero attached hydrogens (tertiary/aromatic N) is 1. The van der Waals surface area contributed by atoms with Crippen molar-refractivity contribution in [1.82, 2.24) is 10.3 Å². The van der Waals surface area contributed by atoms with E-state index in [1.165, 1.54) is 7.11 Å². The standard InChI is InChI=1S/C17H20N2O5/c1-4-13-14(16(20)22-3)19-15(24-13)11(2)18-17(21)23-10-12-8-6-5-7-9-12/h5-9,11H,4,10H2,1-3H3,(H,18,21)/t11-/m0/s1. The molecule has 1 atom stereocenters. The van der Waals surface area contributed by atoms with Crippen molar-refractivity contribution in [2.75, 3.05) is 7.11 Å². The minimum atomic E-state index is -0.595. The van der Waals surface area contributed by atoms with E-state index in [-0.39, 0.29) is 18.2 Å². The molecule has 2 aromatic rings. The molecule has 0 unspecified atom stereocenters. The molecule has 0 bridgehead atoms. The number of nitrogens with one attached hydrogen (secondary N) is 1. The van der Waals surface area contributed by atoms with Crippen LogP contribution in [0.2, 0.25) is 0 Å². The topological polar surface area (TPSA) is 90.7 Å². The molecule has 0 fully saturated rings. The predicted molar refractivity (Wildman–Crippen MR) is 85.4 cm³/mol. The molecule has 1 aromatic heterocycles. The van der Waals surface area contributed by atoms with Gasteiger partial charge in [0.25, 0.3) is 0 Å². The Kier molecular flexibility index (Phi) is 5.95. The van der Waals surface area contributed by atoms with Crippen molar-refractivity contribution in [3.63, 3.8) is 0 Å². The third kappa shape index (κ3) is 4.34. The lowest BCUT2D eigenvalue weighted by Gasteiger charge is -2.11. The highest BCUT2D eigenvalue weighted by Gasteiger charge is 2.23. The largest absolute Gasteiger partial charge is 0.464 e. The molecule has 7 nitrogen and oxygen atoms in total. The van der Waals surface area contributed by atoms with Crippen LogP contribution in [0.15, 0.2) is 34.7 Å². The van der Waals surface area contributed by atoms with Crippen molar-refractivity contribution < 1.29 is 23.5 Å². The normalized spacial score (nSPS) is 11.6. The zero-order chi connectivity index (χ0) is 17.5. The number of benzene rings is 1. The lowest BCUT2D eigenvalue weighted by atomic mass is 10.2. The van der Waals surface area contributed by atoms with E-state index in [4.69, 9.17) is 9.15 Å². The summed E-state index contributed by atoms with van der Waals surface area (Å²) in [6, 6.07) is 8.80. The van der Waals surface area contributed by atoms with E-state index in [0.717, 1.165) is 5.56 Å². The monoisotopic (exact) mass is 332 g/mol. The van der Waals surface area contributed by atoms with Gasteiger partial charge in [0.2, 0.25) is 5.89 Å². The number of hydrogen-bond donors (Lipinski definition) is 1. The van der Waals surface area contributed by atoms with E-state index in [1.807, 2.05) is 37.3 Å². The van der Waals surface area contributed by atoms with Gasteiger partial charge in [-0.25, -0.2) is 14.6 Å². The Balaban J connectivity index is 1.96.